The number of carbonyl (C=O) groups excluding carboxylic acids is 1. The topological polar surface area (TPSA) is 41.1 Å². The lowest BCUT2D eigenvalue weighted by molar-refractivity contribution is -0.122. The Kier molecular flexibility index (Phi) is 7.30. The minimum atomic E-state index is -0.0924. The van der Waals surface area contributed by atoms with E-state index >= 15 is 0 Å². The summed E-state index contributed by atoms with van der Waals surface area (Å²) in [4.78, 5) is 11.2. The van der Waals surface area contributed by atoms with Crippen molar-refractivity contribution in [1.82, 2.24) is 10.6 Å². The second-order valence-electron chi connectivity index (χ2n) is 2.93. The SMILES string of the molecule is C/C=C/CCNC(C)C(=O)NCC. The van der Waals surface area contributed by atoms with Gasteiger partial charge in [0.2, 0.25) is 5.91 Å². The highest BCUT2D eigenvalue weighted by molar-refractivity contribution is 5.81. The van der Waals surface area contributed by atoms with Crippen LogP contribution in [-0.4, -0.2) is 25.0 Å². The van der Waals surface area contributed by atoms with Gasteiger partial charge < -0.3 is 10.6 Å². The normalized spacial score (nSPS) is 13.2. The van der Waals surface area contributed by atoms with E-state index in [-0.39, 0.29) is 11.9 Å². The van der Waals surface area contributed by atoms with Gasteiger partial charge in [0.25, 0.3) is 0 Å². The summed E-state index contributed by atoms with van der Waals surface area (Å²) in [7, 11) is 0. The van der Waals surface area contributed by atoms with Crippen molar-refractivity contribution in [2.75, 3.05) is 13.1 Å². The molecule has 0 aromatic carbocycles. The molecule has 76 valence electrons. The van der Waals surface area contributed by atoms with E-state index in [4.69, 9.17) is 0 Å². The van der Waals surface area contributed by atoms with Crippen molar-refractivity contribution < 1.29 is 4.79 Å². The fourth-order valence-electron chi connectivity index (χ4n) is 0.970. The van der Waals surface area contributed by atoms with Gasteiger partial charge in [0, 0.05) is 6.54 Å². The van der Waals surface area contributed by atoms with Gasteiger partial charge in [-0.1, -0.05) is 12.2 Å². The van der Waals surface area contributed by atoms with Gasteiger partial charge in [-0.3, -0.25) is 4.79 Å². The molecule has 0 saturated carbocycles. The third-order valence-electron chi connectivity index (χ3n) is 1.74. The van der Waals surface area contributed by atoms with Crippen molar-refractivity contribution in [3.63, 3.8) is 0 Å². The van der Waals surface area contributed by atoms with Gasteiger partial charge in [-0.2, -0.15) is 0 Å². The number of carbonyl (C=O) groups is 1. The zero-order valence-electron chi connectivity index (χ0n) is 8.76. The lowest BCUT2D eigenvalue weighted by Gasteiger charge is -2.11. The van der Waals surface area contributed by atoms with Gasteiger partial charge in [-0.15, -0.1) is 0 Å². The lowest BCUT2D eigenvalue weighted by atomic mass is 10.3. The van der Waals surface area contributed by atoms with Gasteiger partial charge >= 0.3 is 0 Å². The monoisotopic (exact) mass is 184 g/mol. The summed E-state index contributed by atoms with van der Waals surface area (Å²) in [6.07, 6.45) is 5.07. The second kappa shape index (κ2) is 7.80. The maximum Gasteiger partial charge on any atom is 0.236 e. The number of nitrogens with one attached hydrogen (secondary N) is 2. The molecule has 1 atom stereocenters. The van der Waals surface area contributed by atoms with E-state index in [2.05, 4.69) is 16.7 Å². The van der Waals surface area contributed by atoms with E-state index < -0.39 is 0 Å². The Labute approximate surface area is 80.6 Å². The molecule has 1 amide bonds. The van der Waals surface area contributed by atoms with Crippen LogP contribution in [0.15, 0.2) is 12.2 Å². The molecule has 0 heterocycles. The fraction of sp³-hybridized carbons (Fsp3) is 0.700. The first-order chi connectivity index (χ1) is 6.22. The van der Waals surface area contributed by atoms with Crippen LogP contribution in [0.25, 0.3) is 0 Å². The number of allylic oxidation sites excluding steroid dienone is 1. The minimum Gasteiger partial charge on any atom is -0.355 e. The van der Waals surface area contributed by atoms with E-state index in [0.29, 0.717) is 6.54 Å². The molecule has 13 heavy (non-hydrogen) atoms. The molecule has 2 N–H and O–H groups in total. The van der Waals surface area contributed by atoms with Crippen LogP contribution in [0.3, 0.4) is 0 Å². The van der Waals surface area contributed by atoms with Crippen LogP contribution >= 0.6 is 0 Å². The average Bonchev–Trinajstić information content (AvgIpc) is 2.12. The number of amides is 1. The highest BCUT2D eigenvalue weighted by Gasteiger charge is 2.08. The van der Waals surface area contributed by atoms with Gasteiger partial charge in [0.1, 0.15) is 0 Å². The Morgan fingerprint density at radius 1 is 1.54 bits per heavy atom. The molecular formula is C10H20N2O. The van der Waals surface area contributed by atoms with E-state index in [1.165, 1.54) is 0 Å². The summed E-state index contributed by atoms with van der Waals surface area (Å²) >= 11 is 0. The Bertz CT molecular complexity index is 166. The highest BCUT2D eigenvalue weighted by atomic mass is 16.2. The molecule has 3 heteroatoms. The molecule has 1 unspecified atom stereocenters. The zero-order valence-corrected chi connectivity index (χ0v) is 8.76. The summed E-state index contributed by atoms with van der Waals surface area (Å²) in [5.41, 5.74) is 0. The molecule has 0 aliphatic rings. The van der Waals surface area contributed by atoms with Gasteiger partial charge in [-0.05, 0) is 33.7 Å². The molecule has 0 fully saturated rings. The van der Waals surface area contributed by atoms with Crippen LogP contribution in [0.4, 0.5) is 0 Å². The molecular weight excluding hydrogens is 164 g/mol. The van der Waals surface area contributed by atoms with E-state index in [1.54, 1.807) is 0 Å². The predicted molar refractivity (Wildman–Crippen MR) is 55.6 cm³/mol. The van der Waals surface area contributed by atoms with Crippen LogP contribution in [0.5, 0.6) is 0 Å². The number of likely N-dealkylation sites (N-methyl/N-ethyl adjacent to an activating group) is 1. The van der Waals surface area contributed by atoms with Gasteiger partial charge in [0.15, 0.2) is 0 Å². The summed E-state index contributed by atoms with van der Waals surface area (Å²) < 4.78 is 0. The largest absolute Gasteiger partial charge is 0.355 e. The van der Waals surface area contributed by atoms with E-state index in [9.17, 15) is 4.79 Å². The van der Waals surface area contributed by atoms with Crippen LogP contribution in [0, 0.1) is 0 Å². The van der Waals surface area contributed by atoms with Crippen LogP contribution in [0.2, 0.25) is 0 Å². The Balaban J connectivity index is 3.49. The summed E-state index contributed by atoms with van der Waals surface area (Å²) in [5.74, 6) is 0.0722. The average molecular weight is 184 g/mol. The molecule has 0 rings (SSSR count). The maximum absolute atomic E-state index is 11.2. The smallest absolute Gasteiger partial charge is 0.236 e. The van der Waals surface area contributed by atoms with Crippen molar-refractivity contribution in [1.29, 1.82) is 0 Å². The first-order valence-electron chi connectivity index (χ1n) is 4.84. The lowest BCUT2D eigenvalue weighted by Crippen LogP contribution is -2.42. The zero-order chi connectivity index (χ0) is 10.1. The molecule has 0 aliphatic carbocycles. The molecule has 0 aliphatic heterocycles. The fourth-order valence-corrected chi connectivity index (χ4v) is 0.970. The van der Waals surface area contributed by atoms with Gasteiger partial charge in [-0.25, -0.2) is 0 Å². The van der Waals surface area contributed by atoms with Crippen LogP contribution in [-0.2, 0) is 4.79 Å². The summed E-state index contributed by atoms with van der Waals surface area (Å²) in [5, 5.41) is 5.91. The number of rotatable bonds is 6. The maximum atomic E-state index is 11.2. The van der Waals surface area contributed by atoms with Crippen LogP contribution < -0.4 is 10.6 Å². The first-order valence-corrected chi connectivity index (χ1v) is 4.84. The van der Waals surface area contributed by atoms with Gasteiger partial charge in [0.05, 0.1) is 6.04 Å². The first kappa shape index (κ1) is 12.2. The summed E-state index contributed by atoms with van der Waals surface area (Å²) in [6.45, 7) is 7.33. The number of hydrogen-bond acceptors (Lipinski definition) is 2. The third kappa shape index (κ3) is 6.34. The van der Waals surface area contributed by atoms with E-state index in [0.717, 1.165) is 13.0 Å². The molecule has 0 aromatic heterocycles. The Morgan fingerprint density at radius 2 is 2.23 bits per heavy atom. The molecule has 0 spiro atoms. The Morgan fingerprint density at radius 3 is 2.77 bits per heavy atom. The molecule has 0 bridgehead atoms. The van der Waals surface area contributed by atoms with Crippen LogP contribution in [0.1, 0.15) is 27.2 Å². The highest BCUT2D eigenvalue weighted by Crippen LogP contribution is 1.84. The van der Waals surface area contributed by atoms with Crippen molar-refractivity contribution in [3.8, 4) is 0 Å². The predicted octanol–water partition coefficient (Wildman–Crippen LogP) is 1.07. The van der Waals surface area contributed by atoms with Crippen molar-refractivity contribution in [2.45, 2.75) is 33.2 Å². The standard InChI is InChI=1S/C10H20N2O/c1-4-6-7-8-12-9(3)10(13)11-5-2/h4,6,9,12H,5,7-8H2,1-3H3,(H,11,13)/b6-4+. The second-order valence-corrected chi connectivity index (χ2v) is 2.93. The minimum absolute atomic E-state index is 0.0722. The third-order valence-corrected chi connectivity index (χ3v) is 1.74. The van der Waals surface area contributed by atoms with Crippen molar-refractivity contribution >= 4 is 5.91 Å². The van der Waals surface area contributed by atoms with Crippen molar-refractivity contribution in [3.05, 3.63) is 12.2 Å². The van der Waals surface area contributed by atoms with Crippen molar-refractivity contribution in [2.24, 2.45) is 0 Å². The molecule has 3 nitrogen and oxygen atoms in total. The molecule has 0 aromatic rings. The molecule has 0 saturated heterocycles. The number of hydrogen-bond donors (Lipinski definition) is 2. The molecule has 0 radical (unpaired) electrons. The quantitative estimate of drug-likeness (QED) is 0.479. The van der Waals surface area contributed by atoms with E-state index in [1.807, 2.05) is 26.8 Å². The Hall–Kier alpha value is -0.830. The summed E-state index contributed by atoms with van der Waals surface area (Å²) in [6, 6.07) is -0.0924.